The van der Waals surface area contributed by atoms with Crippen LogP contribution in [0.5, 0.6) is 0 Å². The van der Waals surface area contributed by atoms with Crippen LogP contribution in [0, 0.1) is 5.92 Å². The molecule has 7 heteroatoms. The summed E-state index contributed by atoms with van der Waals surface area (Å²) in [7, 11) is 0. The van der Waals surface area contributed by atoms with Crippen molar-refractivity contribution in [3.63, 3.8) is 0 Å². The number of carbonyl (C=O) groups excluding carboxylic acids is 1. The number of hydrogen-bond donors (Lipinski definition) is 1. The van der Waals surface area contributed by atoms with E-state index in [9.17, 15) is 4.79 Å². The largest absolute Gasteiger partial charge is 0.378 e. The summed E-state index contributed by atoms with van der Waals surface area (Å²) in [6, 6.07) is 2.27. The molecule has 1 aromatic heterocycles. The molecule has 2 saturated heterocycles. The number of piperidine rings is 1. The van der Waals surface area contributed by atoms with Crippen LogP contribution in [0.25, 0.3) is 0 Å². The molecule has 0 spiro atoms. The molecule has 0 bridgehead atoms. The topological polar surface area (TPSA) is 70.6 Å². The first-order chi connectivity index (χ1) is 12.1. The van der Waals surface area contributed by atoms with Crippen molar-refractivity contribution >= 4 is 17.7 Å². The first-order valence-electron chi connectivity index (χ1n) is 9.32. The molecule has 3 heterocycles. The molecule has 0 saturated carbocycles. The molecule has 2 aliphatic heterocycles. The summed E-state index contributed by atoms with van der Waals surface area (Å²) in [5.74, 6) is 2.33. The molecule has 0 aromatic carbocycles. The summed E-state index contributed by atoms with van der Waals surface area (Å²) in [6.45, 7) is 8.95. The van der Waals surface area contributed by atoms with Crippen molar-refractivity contribution in [2.24, 2.45) is 5.92 Å². The molecule has 138 valence electrons. The maximum absolute atomic E-state index is 12.2. The van der Waals surface area contributed by atoms with Crippen LogP contribution in [0.3, 0.4) is 0 Å². The van der Waals surface area contributed by atoms with Crippen LogP contribution in [0.2, 0.25) is 0 Å². The Labute approximate surface area is 149 Å². The molecule has 0 unspecified atom stereocenters. The van der Waals surface area contributed by atoms with Gasteiger partial charge in [-0.2, -0.15) is 4.98 Å². The first-order valence-corrected chi connectivity index (χ1v) is 9.32. The van der Waals surface area contributed by atoms with Crippen LogP contribution in [-0.4, -0.2) is 66.2 Å². The van der Waals surface area contributed by atoms with Crippen LogP contribution in [0.4, 0.5) is 11.8 Å². The van der Waals surface area contributed by atoms with Gasteiger partial charge in [0.05, 0.1) is 13.2 Å². The highest BCUT2D eigenvalue weighted by Crippen LogP contribution is 2.18. The number of nitrogens with zero attached hydrogens (tertiary/aromatic N) is 4. The van der Waals surface area contributed by atoms with Gasteiger partial charge in [-0.3, -0.25) is 4.79 Å². The van der Waals surface area contributed by atoms with Gasteiger partial charge in [0.1, 0.15) is 5.82 Å². The Morgan fingerprint density at radius 2 is 2.00 bits per heavy atom. The summed E-state index contributed by atoms with van der Waals surface area (Å²) < 4.78 is 5.38. The lowest BCUT2D eigenvalue weighted by Crippen LogP contribution is -2.42. The molecule has 1 N–H and O–H groups in total. The zero-order valence-electron chi connectivity index (χ0n) is 15.3. The fraction of sp³-hybridized carbons (Fsp3) is 0.722. The predicted octanol–water partition coefficient (Wildman–Crippen LogP) is 1.76. The molecule has 25 heavy (non-hydrogen) atoms. The number of morpholine rings is 1. The molecule has 7 nitrogen and oxygen atoms in total. The van der Waals surface area contributed by atoms with Gasteiger partial charge in [0.25, 0.3) is 0 Å². The van der Waals surface area contributed by atoms with Gasteiger partial charge in [-0.05, 0) is 24.8 Å². The number of ether oxygens (including phenoxy) is 1. The lowest BCUT2D eigenvalue weighted by Gasteiger charge is -2.33. The summed E-state index contributed by atoms with van der Waals surface area (Å²) >= 11 is 0. The lowest BCUT2D eigenvalue weighted by atomic mass is 10.0. The predicted molar refractivity (Wildman–Crippen MR) is 97.7 cm³/mol. The van der Waals surface area contributed by atoms with Gasteiger partial charge < -0.3 is 19.9 Å². The van der Waals surface area contributed by atoms with E-state index in [0.717, 1.165) is 64.0 Å². The van der Waals surface area contributed by atoms with Crippen molar-refractivity contribution in [3.05, 3.63) is 12.3 Å². The summed E-state index contributed by atoms with van der Waals surface area (Å²) in [4.78, 5) is 25.4. The zero-order chi connectivity index (χ0) is 17.6. The second kappa shape index (κ2) is 8.47. The number of hydrogen-bond acceptors (Lipinski definition) is 6. The molecule has 2 fully saturated rings. The maximum Gasteiger partial charge on any atom is 0.227 e. The Morgan fingerprint density at radius 1 is 1.28 bits per heavy atom. The summed E-state index contributed by atoms with van der Waals surface area (Å²) in [5.41, 5.74) is 0. The van der Waals surface area contributed by atoms with Gasteiger partial charge in [-0.25, -0.2) is 4.98 Å². The Bertz CT molecular complexity index is 566. The highest BCUT2D eigenvalue weighted by atomic mass is 16.5. The molecule has 1 amide bonds. The van der Waals surface area contributed by atoms with Gasteiger partial charge in [0.15, 0.2) is 0 Å². The number of anilines is 2. The van der Waals surface area contributed by atoms with Crippen molar-refractivity contribution in [2.75, 3.05) is 49.6 Å². The molecule has 1 aromatic rings. The van der Waals surface area contributed by atoms with Crippen molar-refractivity contribution in [1.29, 1.82) is 0 Å². The number of aromatic nitrogens is 2. The summed E-state index contributed by atoms with van der Waals surface area (Å²) in [5, 5.41) is 3.51. The minimum absolute atomic E-state index is 0.282. The minimum Gasteiger partial charge on any atom is -0.378 e. The maximum atomic E-state index is 12.2. The van der Waals surface area contributed by atoms with E-state index in [0.29, 0.717) is 18.4 Å². The Morgan fingerprint density at radius 3 is 2.68 bits per heavy atom. The fourth-order valence-corrected chi connectivity index (χ4v) is 3.31. The Kier molecular flexibility index (Phi) is 6.07. The van der Waals surface area contributed by atoms with E-state index in [1.807, 2.05) is 11.0 Å². The zero-order valence-corrected chi connectivity index (χ0v) is 15.3. The van der Waals surface area contributed by atoms with Crippen molar-refractivity contribution < 1.29 is 9.53 Å². The van der Waals surface area contributed by atoms with E-state index in [-0.39, 0.29) is 5.91 Å². The molecular formula is C18H29N5O2. The van der Waals surface area contributed by atoms with E-state index in [1.165, 1.54) is 0 Å². The monoisotopic (exact) mass is 347 g/mol. The Hall–Kier alpha value is -1.89. The van der Waals surface area contributed by atoms with Gasteiger partial charge in [-0.1, -0.05) is 13.8 Å². The fourth-order valence-electron chi connectivity index (χ4n) is 3.31. The van der Waals surface area contributed by atoms with Crippen LogP contribution in [-0.2, 0) is 9.53 Å². The van der Waals surface area contributed by atoms with Gasteiger partial charge in [0.2, 0.25) is 11.9 Å². The van der Waals surface area contributed by atoms with E-state index >= 15 is 0 Å². The second-order valence-corrected chi connectivity index (χ2v) is 7.24. The molecule has 2 aliphatic rings. The third-order valence-corrected chi connectivity index (χ3v) is 4.72. The minimum atomic E-state index is 0.282. The quantitative estimate of drug-likeness (QED) is 0.875. The van der Waals surface area contributed by atoms with Crippen molar-refractivity contribution in [2.45, 2.75) is 39.2 Å². The normalized spacial score (nSPS) is 19.3. The third-order valence-electron chi connectivity index (χ3n) is 4.72. The van der Waals surface area contributed by atoms with E-state index in [1.54, 1.807) is 6.20 Å². The first kappa shape index (κ1) is 17.9. The van der Waals surface area contributed by atoms with Crippen LogP contribution >= 0.6 is 0 Å². The number of amides is 1. The third kappa shape index (κ3) is 5.04. The standard InChI is InChI=1S/C18H29N5O2/c1-14(2)13-17(24)22-7-4-15(5-8-22)20-16-3-6-19-18(21-16)23-9-11-25-12-10-23/h3,6,14-15H,4-5,7-13H2,1-2H3,(H,19,20,21). The molecular weight excluding hydrogens is 318 g/mol. The smallest absolute Gasteiger partial charge is 0.227 e. The SMILES string of the molecule is CC(C)CC(=O)N1CCC(Nc2ccnc(N3CCOCC3)n2)CC1. The number of nitrogens with one attached hydrogen (secondary N) is 1. The Balaban J connectivity index is 1.51. The van der Waals surface area contributed by atoms with Crippen LogP contribution in [0.15, 0.2) is 12.3 Å². The molecule has 0 aliphatic carbocycles. The number of rotatable bonds is 5. The number of carbonyl (C=O) groups is 1. The average molecular weight is 347 g/mol. The highest BCUT2D eigenvalue weighted by molar-refractivity contribution is 5.76. The summed E-state index contributed by atoms with van der Waals surface area (Å²) in [6.07, 6.45) is 4.37. The van der Waals surface area contributed by atoms with Crippen LogP contribution < -0.4 is 10.2 Å². The molecule has 0 atom stereocenters. The second-order valence-electron chi connectivity index (χ2n) is 7.24. The van der Waals surface area contributed by atoms with E-state index in [4.69, 9.17) is 4.74 Å². The highest BCUT2D eigenvalue weighted by Gasteiger charge is 2.23. The van der Waals surface area contributed by atoms with Gasteiger partial charge >= 0.3 is 0 Å². The van der Waals surface area contributed by atoms with E-state index < -0.39 is 0 Å². The number of likely N-dealkylation sites (tertiary alicyclic amines) is 1. The van der Waals surface area contributed by atoms with Crippen molar-refractivity contribution in [3.8, 4) is 0 Å². The average Bonchev–Trinajstić information content (AvgIpc) is 2.63. The van der Waals surface area contributed by atoms with Crippen LogP contribution in [0.1, 0.15) is 33.1 Å². The van der Waals surface area contributed by atoms with Crippen molar-refractivity contribution in [1.82, 2.24) is 14.9 Å². The molecule has 0 radical (unpaired) electrons. The van der Waals surface area contributed by atoms with Gasteiger partial charge in [0, 0.05) is 44.8 Å². The molecule has 3 rings (SSSR count). The lowest BCUT2D eigenvalue weighted by molar-refractivity contribution is -0.132. The van der Waals surface area contributed by atoms with E-state index in [2.05, 4.69) is 34.0 Å². The van der Waals surface area contributed by atoms with Gasteiger partial charge in [-0.15, -0.1) is 0 Å².